The molecule has 156 valence electrons. The molecule has 2 fully saturated rings. The molecule has 1 amide bonds. The molecule has 2 atom stereocenters. The summed E-state index contributed by atoms with van der Waals surface area (Å²) in [5.41, 5.74) is 1.38. The first-order valence-corrected chi connectivity index (χ1v) is 11.7. The Balaban J connectivity index is 1.55. The Morgan fingerprint density at radius 1 is 1.14 bits per heavy atom. The van der Waals surface area contributed by atoms with Crippen LogP contribution >= 0.6 is 0 Å². The van der Waals surface area contributed by atoms with Crippen LogP contribution in [0.25, 0.3) is 0 Å². The molecular weight excluding hydrogens is 380 g/mol. The normalized spacial score (nSPS) is 28.3. The molecule has 0 aromatic heterocycles. The molecule has 0 unspecified atom stereocenters. The van der Waals surface area contributed by atoms with Crippen LogP contribution in [0, 0.1) is 0 Å². The van der Waals surface area contributed by atoms with Crippen LogP contribution in [0.5, 0.6) is 0 Å². The van der Waals surface area contributed by atoms with Crippen molar-refractivity contribution in [3.05, 3.63) is 35.9 Å². The number of sulfonamides is 1. The average molecular weight is 411 g/mol. The van der Waals surface area contributed by atoms with Crippen molar-refractivity contribution in [3.63, 3.8) is 0 Å². The van der Waals surface area contributed by atoms with Gasteiger partial charge in [0.1, 0.15) is 0 Å². The molecule has 28 heavy (non-hydrogen) atoms. The molecule has 1 saturated heterocycles. The molecule has 3 rings (SSSR count). The first-order chi connectivity index (χ1) is 13.4. The Kier molecular flexibility index (Phi) is 6.95. The molecule has 1 saturated carbocycles. The highest BCUT2D eigenvalue weighted by atomic mass is 32.2. The summed E-state index contributed by atoms with van der Waals surface area (Å²) in [5, 5.41) is 0. The lowest BCUT2D eigenvalue weighted by Crippen LogP contribution is -2.49. The highest BCUT2D eigenvalue weighted by Gasteiger charge is 2.39. The van der Waals surface area contributed by atoms with Crippen LogP contribution in [0.3, 0.4) is 0 Å². The fourth-order valence-corrected chi connectivity index (χ4v) is 5.16. The Hall–Kier alpha value is -1.64. The van der Waals surface area contributed by atoms with Crippen molar-refractivity contribution in [1.29, 1.82) is 0 Å². The Morgan fingerprint density at radius 3 is 2.43 bits per heavy atom. The number of carbonyl (C=O) groups is 1. The van der Waals surface area contributed by atoms with Gasteiger partial charge in [-0.25, -0.2) is 17.9 Å². The smallest absolute Gasteiger partial charge is 0.409 e. The van der Waals surface area contributed by atoms with Crippen molar-refractivity contribution in [2.45, 2.75) is 56.2 Å². The molecule has 0 spiro atoms. The number of nitrogens with zero attached hydrogens (tertiary/aromatic N) is 1. The van der Waals surface area contributed by atoms with Crippen LogP contribution in [0.15, 0.2) is 30.3 Å². The second-order valence-electron chi connectivity index (χ2n) is 7.73. The summed E-state index contributed by atoms with van der Waals surface area (Å²) in [6.45, 7) is 0.761. The molecule has 1 aromatic rings. The van der Waals surface area contributed by atoms with Crippen LogP contribution in [0.1, 0.15) is 43.6 Å². The number of carbonyl (C=O) groups excluding carboxylic acids is 1. The van der Waals surface area contributed by atoms with Crippen LogP contribution in [0.4, 0.5) is 4.79 Å². The van der Waals surface area contributed by atoms with Crippen LogP contribution in [-0.4, -0.2) is 64.1 Å². The third-order valence-corrected chi connectivity index (χ3v) is 6.50. The van der Waals surface area contributed by atoms with Gasteiger partial charge in [0.25, 0.3) is 0 Å². The minimum Gasteiger partial charge on any atom is -0.453 e. The number of amides is 1. The molecule has 0 radical (unpaired) electrons. The summed E-state index contributed by atoms with van der Waals surface area (Å²) in [6.07, 6.45) is 5.46. The molecule has 8 heteroatoms. The van der Waals surface area contributed by atoms with Crippen molar-refractivity contribution in [3.8, 4) is 0 Å². The third-order valence-electron chi connectivity index (χ3n) is 5.77. The maximum absolute atomic E-state index is 12.1. The van der Waals surface area contributed by atoms with E-state index >= 15 is 0 Å². The van der Waals surface area contributed by atoms with Crippen molar-refractivity contribution < 1.29 is 22.7 Å². The Bertz CT molecular complexity index is 747. The van der Waals surface area contributed by atoms with E-state index < -0.39 is 16.1 Å². The van der Waals surface area contributed by atoms with Crippen molar-refractivity contribution in [2.24, 2.45) is 0 Å². The third kappa shape index (κ3) is 5.46. The molecule has 1 N–H and O–H groups in total. The van der Waals surface area contributed by atoms with E-state index in [0.717, 1.165) is 31.9 Å². The van der Waals surface area contributed by atoms with Gasteiger partial charge in [-0.3, -0.25) is 0 Å². The van der Waals surface area contributed by atoms with Gasteiger partial charge < -0.3 is 14.4 Å². The average Bonchev–Trinajstić information content (AvgIpc) is 3.07. The van der Waals surface area contributed by atoms with Crippen LogP contribution in [-0.2, 0) is 19.5 Å². The van der Waals surface area contributed by atoms with E-state index in [1.54, 1.807) is 4.90 Å². The number of likely N-dealkylation sites (tertiary alicyclic amines) is 1. The van der Waals surface area contributed by atoms with E-state index in [1.807, 2.05) is 6.07 Å². The number of hydrogen-bond acceptors (Lipinski definition) is 5. The van der Waals surface area contributed by atoms with Gasteiger partial charge >= 0.3 is 6.09 Å². The highest BCUT2D eigenvalue weighted by Crippen LogP contribution is 2.34. The van der Waals surface area contributed by atoms with E-state index in [0.29, 0.717) is 25.5 Å². The second kappa shape index (κ2) is 9.24. The van der Waals surface area contributed by atoms with Gasteiger partial charge in [0, 0.05) is 12.6 Å². The summed E-state index contributed by atoms with van der Waals surface area (Å²) < 4.78 is 37.0. The highest BCUT2D eigenvalue weighted by molar-refractivity contribution is 7.88. The first kappa shape index (κ1) is 21.1. The summed E-state index contributed by atoms with van der Waals surface area (Å²) in [5.74, 6) is 0.568. The predicted molar refractivity (Wildman–Crippen MR) is 107 cm³/mol. The summed E-state index contributed by atoms with van der Waals surface area (Å²) in [6, 6.07) is 9.85. The number of ether oxygens (including phenoxy) is 2. The fourth-order valence-electron chi connectivity index (χ4n) is 4.34. The number of rotatable bonds is 6. The number of hydrogen-bond donors (Lipinski definition) is 1. The molecule has 1 aliphatic carbocycles. The monoisotopic (exact) mass is 410 g/mol. The quantitative estimate of drug-likeness (QED) is 0.779. The van der Waals surface area contributed by atoms with Crippen LogP contribution < -0.4 is 4.72 Å². The molecule has 1 heterocycles. The molecule has 2 aliphatic rings. The van der Waals surface area contributed by atoms with Gasteiger partial charge in [0.2, 0.25) is 10.0 Å². The Labute approximate surface area is 167 Å². The topological polar surface area (TPSA) is 84.9 Å². The van der Waals surface area contributed by atoms with Crippen LogP contribution in [0.2, 0.25) is 0 Å². The zero-order valence-electron chi connectivity index (χ0n) is 16.5. The zero-order chi connectivity index (χ0) is 20.1. The number of methoxy groups -OCH3 is 1. The standard InChI is InChI=1S/C20H30N2O5S/c1-26-20(23)22-13-12-18(21-28(2,24)25)19(22)14-27-17-10-8-16(9-11-17)15-6-4-3-5-7-15/h3-7,16-19,21H,8-14H2,1-2H3/t16?,17?,18-,19-/m1/s1. The zero-order valence-corrected chi connectivity index (χ0v) is 17.4. The first-order valence-electron chi connectivity index (χ1n) is 9.86. The van der Waals surface area contributed by atoms with E-state index in [2.05, 4.69) is 29.0 Å². The molecule has 0 bridgehead atoms. The number of benzene rings is 1. The minimum atomic E-state index is -3.36. The fraction of sp³-hybridized carbons (Fsp3) is 0.650. The lowest BCUT2D eigenvalue weighted by molar-refractivity contribution is -0.00534. The van der Waals surface area contributed by atoms with Crippen molar-refractivity contribution in [2.75, 3.05) is 26.5 Å². The van der Waals surface area contributed by atoms with E-state index in [9.17, 15) is 13.2 Å². The predicted octanol–water partition coefficient (Wildman–Crippen LogP) is 2.49. The van der Waals surface area contributed by atoms with E-state index in [-0.39, 0.29) is 18.2 Å². The number of nitrogens with one attached hydrogen (secondary N) is 1. The van der Waals surface area contributed by atoms with Gasteiger partial charge in [0.15, 0.2) is 0 Å². The lowest BCUT2D eigenvalue weighted by atomic mass is 9.83. The maximum Gasteiger partial charge on any atom is 0.409 e. The maximum atomic E-state index is 12.1. The van der Waals surface area contributed by atoms with E-state index in [4.69, 9.17) is 9.47 Å². The SMILES string of the molecule is COC(=O)N1CC[C@@H](NS(C)(=O)=O)[C@H]1COC1CCC(c2ccccc2)CC1. The van der Waals surface area contributed by atoms with Gasteiger partial charge in [-0.05, 0) is 43.6 Å². The lowest BCUT2D eigenvalue weighted by Gasteiger charge is -2.32. The van der Waals surface area contributed by atoms with Gasteiger partial charge in [0.05, 0.1) is 32.1 Å². The van der Waals surface area contributed by atoms with Gasteiger partial charge in [-0.2, -0.15) is 0 Å². The Morgan fingerprint density at radius 2 is 1.82 bits per heavy atom. The largest absolute Gasteiger partial charge is 0.453 e. The van der Waals surface area contributed by atoms with E-state index in [1.165, 1.54) is 12.7 Å². The molecule has 7 nitrogen and oxygen atoms in total. The van der Waals surface area contributed by atoms with Crippen molar-refractivity contribution >= 4 is 16.1 Å². The van der Waals surface area contributed by atoms with Gasteiger partial charge in [-0.1, -0.05) is 30.3 Å². The second-order valence-corrected chi connectivity index (χ2v) is 9.51. The minimum absolute atomic E-state index is 0.138. The summed E-state index contributed by atoms with van der Waals surface area (Å²) in [7, 11) is -2.03. The summed E-state index contributed by atoms with van der Waals surface area (Å²) in [4.78, 5) is 13.6. The summed E-state index contributed by atoms with van der Waals surface area (Å²) >= 11 is 0. The molecule has 1 aromatic carbocycles. The van der Waals surface area contributed by atoms with Crippen molar-refractivity contribution in [1.82, 2.24) is 9.62 Å². The molecule has 1 aliphatic heterocycles. The molecular formula is C20H30N2O5S. The van der Waals surface area contributed by atoms with Gasteiger partial charge in [-0.15, -0.1) is 0 Å².